The molecule has 4 nitrogen and oxygen atoms in total. The molecule has 0 aromatic heterocycles. The Labute approximate surface area is 203 Å². The summed E-state index contributed by atoms with van der Waals surface area (Å²) in [6, 6.07) is 7.66. The minimum Gasteiger partial charge on any atom is -0.360 e. The van der Waals surface area contributed by atoms with E-state index in [1.807, 2.05) is 36.1 Å². The Kier molecular flexibility index (Phi) is 8.84. The molecule has 2 aliphatic rings. The maximum Gasteiger partial charge on any atom is 0.230 e. The molecule has 2 fully saturated rings. The molecule has 1 atom stereocenters. The molecule has 1 amide bonds. The number of piperidine rings is 1. The lowest BCUT2D eigenvalue weighted by molar-refractivity contribution is -0.123. The second-order valence-corrected chi connectivity index (χ2v) is 10.0. The SMILES string of the molecule is C=C(C)/C(Cl)=C\N=C(C(C)CC)N1CCC(C(=O)N(CC2CC2)c2ccc(Cl)cc2)CC1. The summed E-state index contributed by atoms with van der Waals surface area (Å²) in [6.07, 6.45) is 6.81. The molecule has 1 aliphatic carbocycles. The normalized spacial score (nSPS) is 19.1. The van der Waals surface area contributed by atoms with Gasteiger partial charge in [-0.1, -0.05) is 43.6 Å². The summed E-state index contributed by atoms with van der Waals surface area (Å²) >= 11 is 12.3. The van der Waals surface area contributed by atoms with Gasteiger partial charge in [0.25, 0.3) is 0 Å². The fraction of sp³-hybridized carbons (Fsp3) is 0.538. The molecule has 32 heavy (non-hydrogen) atoms. The highest BCUT2D eigenvalue weighted by Crippen LogP contribution is 2.33. The molecular weight excluding hydrogens is 441 g/mol. The van der Waals surface area contributed by atoms with Gasteiger partial charge in [-0.15, -0.1) is 0 Å². The van der Waals surface area contributed by atoms with Crippen LogP contribution in [0.5, 0.6) is 0 Å². The van der Waals surface area contributed by atoms with E-state index in [-0.39, 0.29) is 11.8 Å². The number of benzene rings is 1. The predicted octanol–water partition coefficient (Wildman–Crippen LogP) is 6.90. The van der Waals surface area contributed by atoms with Crippen LogP contribution in [0, 0.1) is 17.8 Å². The van der Waals surface area contributed by atoms with Crippen molar-refractivity contribution < 1.29 is 4.79 Å². The Balaban J connectivity index is 1.69. The van der Waals surface area contributed by atoms with Crippen LogP contribution in [-0.4, -0.2) is 36.3 Å². The quantitative estimate of drug-likeness (QED) is 0.233. The number of likely N-dealkylation sites (tertiary alicyclic amines) is 1. The first kappa shape index (κ1) is 24.9. The molecular formula is C26H35Cl2N3O. The van der Waals surface area contributed by atoms with Gasteiger partial charge in [0.1, 0.15) is 5.84 Å². The first-order valence-electron chi connectivity index (χ1n) is 11.7. The van der Waals surface area contributed by atoms with Crippen LogP contribution < -0.4 is 4.90 Å². The Bertz CT molecular complexity index is 866. The van der Waals surface area contributed by atoms with Crippen LogP contribution in [0.2, 0.25) is 5.02 Å². The highest BCUT2D eigenvalue weighted by atomic mass is 35.5. The molecule has 1 saturated heterocycles. The van der Waals surface area contributed by atoms with E-state index >= 15 is 0 Å². The van der Waals surface area contributed by atoms with E-state index in [2.05, 4.69) is 25.3 Å². The van der Waals surface area contributed by atoms with Gasteiger partial charge in [-0.25, -0.2) is 4.99 Å². The Morgan fingerprint density at radius 2 is 1.88 bits per heavy atom. The van der Waals surface area contributed by atoms with Crippen molar-refractivity contribution in [2.45, 2.75) is 52.9 Å². The zero-order valence-corrected chi connectivity index (χ0v) is 21.0. The van der Waals surface area contributed by atoms with Crippen molar-refractivity contribution in [2.75, 3.05) is 24.5 Å². The van der Waals surface area contributed by atoms with Crippen LogP contribution >= 0.6 is 23.2 Å². The van der Waals surface area contributed by atoms with Crippen molar-refractivity contribution in [2.24, 2.45) is 22.7 Å². The van der Waals surface area contributed by atoms with Crippen LogP contribution in [0.1, 0.15) is 52.9 Å². The van der Waals surface area contributed by atoms with Crippen LogP contribution in [0.4, 0.5) is 5.69 Å². The van der Waals surface area contributed by atoms with E-state index in [0.717, 1.165) is 56.0 Å². The van der Waals surface area contributed by atoms with E-state index in [0.29, 0.717) is 21.9 Å². The minimum atomic E-state index is 0.0356. The molecule has 6 heteroatoms. The molecule has 1 heterocycles. The largest absolute Gasteiger partial charge is 0.360 e. The van der Waals surface area contributed by atoms with Crippen molar-refractivity contribution in [3.8, 4) is 0 Å². The maximum atomic E-state index is 13.5. The van der Waals surface area contributed by atoms with Crippen LogP contribution in [0.25, 0.3) is 0 Å². The summed E-state index contributed by atoms with van der Waals surface area (Å²) in [6.45, 7) is 12.6. The summed E-state index contributed by atoms with van der Waals surface area (Å²) in [5, 5.41) is 1.27. The number of carbonyl (C=O) groups excluding carboxylic acids is 1. The average molecular weight is 476 g/mol. The first-order chi connectivity index (χ1) is 15.3. The number of hydrogen-bond donors (Lipinski definition) is 0. The fourth-order valence-corrected chi connectivity index (χ4v) is 4.19. The second-order valence-electron chi connectivity index (χ2n) is 9.18. The van der Waals surface area contributed by atoms with Crippen molar-refractivity contribution in [3.05, 3.63) is 52.7 Å². The van der Waals surface area contributed by atoms with Crippen molar-refractivity contribution in [3.63, 3.8) is 0 Å². The summed E-state index contributed by atoms with van der Waals surface area (Å²) in [5.74, 6) is 2.28. The van der Waals surface area contributed by atoms with Crippen molar-refractivity contribution >= 4 is 40.6 Å². The molecule has 1 aromatic rings. The van der Waals surface area contributed by atoms with Gasteiger partial charge in [-0.05, 0) is 74.8 Å². The third-order valence-corrected chi connectivity index (χ3v) is 7.15. The smallest absolute Gasteiger partial charge is 0.230 e. The van der Waals surface area contributed by atoms with Crippen LogP contribution in [0.3, 0.4) is 0 Å². The van der Waals surface area contributed by atoms with Gasteiger partial charge < -0.3 is 9.80 Å². The number of hydrogen-bond acceptors (Lipinski definition) is 2. The molecule has 174 valence electrons. The van der Waals surface area contributed by atoms with E-state index in [1.165, 1.54) is 12.8 Å². The number of aliphatic imine (C=N–C) groups is 1. The van der Waals surface area contributed by atoms with E-state index in [1.54, 1.807) is 6.20 Å². The zero-order chi connectivity index (χ0) is 23.3. The summed E-state index contributed by atoms with van der Waals surface area (Å²) < 4.78 is 0. The fourth-order valence-electron chi connectivity index (χ4n) is 4.01. The number of nitrogens with zero attached hydrogens (tertiary/aromatic N) is 3. The van der Waals surface area contributed by atoms with E-state index < -0.39 is 0 Å². The molecule has 0 spiro atoms. The highest BCUT2D eigenvalue weighted by molar-refractivity contribution is 6.31. The number of carbonyl (C=O) groups is 1. The van der Waals surface area contributed by atoms with Crippen LogP contribution in [-0.2, 0) is 4.79 Å². The molecule has 1 aromatic carbocycles. The number of allylic oxidation sites excluding steroid dienone is 2. The number of anilines is 1. The average Bonchev–Trinajstić information content (AvgIpc) is 3.62. The van der Waals surface area contributed by atoms with Crippen molar-refractivity contribution in [1.29, 1.82) is 0 Å². The minimum absolute atomic E-state index is 0.0356. The van der Waals surface area contributed by atoms with E-state index in [9.17, 15) is 4.79 Å². The number of halogens is 2. The Hall–Kier alpha value is -1.78. The monoisotopic (exact) mass is 475 g/mol. The standard InChI is InChI=1S/C26H35Cl2N3O/c1-5-19(4)25(29-16-24(28)18(2)3)30-14-12-21(13-15-30)26(32)31(17-20-6-7-20)23-10-8-22(27)9-11-23/h8-11,16,19-21H,2,5-7,12-15,17H2,1,3-4H3/b24-16+,29-25?. The third-order valence-electron chi connectivity index (χ3n) is 6.48. The molecule has 0 bridgehead atoms. The Morgan fingerprint density at radius 1 is 1.25 bits per heavy atom. The molecule has 3 rings (SSSR count). The second kappa shape index (κ2) is 11.4. The van der Waals surface area contributed by atoms with Gasteiger partial charge in [-0.3, -0.25) is 4.79 Å². The zero-order valence-electron chi connectivity index (χ0n) is 19.5. The summed E-state index contributed by atoms with van der Waals surface area (Å²) in [5.41, 5.74) is 1.76. The molecule has 1 unspecified atom stereocenters. The maximum absolute atomic E-state index is 13.5. The molecule has 1 saturated carbocycles. The van der Waals surface area contributed by atoms with Gasteiger partial charge in [0.15, 0.2) is 0 Å². The van der Waals surface area contributed by atoms with Gasteiger partial charge in [-0.2, -0.15) is 0 Å². The topological polar surface area (TPSA) is 35.9 Å². The van der Waals surface area contributed by atoms with Gasteiger partial charge >= 0.3 is 0 Å². The number of rotatable bonds is 8. The molecule has 0 radical (unpaired) electrons. The highest BCUT2D eigenvalue weighted by Gasteiger charge is 2.34. The molecule has 1 aliphatic heterocycles. The first-order valence-corrected chi connectivity index (χ1v) is 12.5. The lowest BCUT2D eigenvalue weighted by atomic mass is 9.93. The lowest BCUT2D eigenvalue weighted by Crippen LogP contribution is -2.46. The third kappa shape index (κ3) is 6.62. The summed E-state index contributed by atoms with van der Waals surface area (Å²) in [7, 11) is 0. The van der Waals surface area contributed by atoms with Crippen LogP contribution in [0.15, 0.2) is 52.6 Å². The Morgan fingerprint density at radius 3 is 2.41 bits per heavy atom. The lowest BCUT2D eigenvalue weighted by Gasteiger charge is -2.37. The van der Waals surface area contributed by atoms with Gasteiger partial charge in [0.05, 0.1) is 5.03 Å². The molecule has 0 N–H and O–H groups in total. The van der Waals surface area contributed by atoms with E-state index in [4.69, 9.17) is 28.2 Å². The van der Waals surface area contributed by atoms with Gasteiger partial charge in [0, 0.05) is 48.4 Å². The summed E-state index contributed by atoms with van der Waals surface area (Å²) in [4.78, 5) is 22.6. The number of amidine groups is 1. The van der Waals surface area contributed by atoms with Gasteiger partial charge in [0.2, 0.25) is 5.91 Å². The predicted molar refractivity (Wildman–Crippen MR) is 136 cm³/mol. The van der Waals surface area contributed by atoms with Crippen molar-refractivity contribution in [1.82, 2.24) is 4.90 Å². The number of amides is 1.